The first-order chi connectivity index (χ1) is 15.2. The number of allylic oxidation sites excluding steroid dienone is 4. The molecule has 5 rings (SSSR count). The molecule has 2 aromatic carbocycles. The second-order valence-corrected chi connectivity index (χ2v) is 6.81. The Morgan fingerprint density at radius 1 is 0.968 bits per heavy atom. The Morgan fingerprint density at radius 2 is 1.71 bits per heavy atom. The van der Waals surface area contributed by atoms with Crippen LogP contribution in [0.4, 0.5) is 0 Å². The van der Waals surface area contributed by atoms with Gasteiger partial charge < -0.3 is 5.32 Å². The molecule has 4 aromatic rings. The first-order valence-electron chi connectivity index (χ1n) is 9.36. The largest absolute Gasteiger partial charge is 0.353 e. The van der Waals surface area contributed by atoms with Crippen LogP contribution in [0.5, 0.6) is 0 Å². The van der Waals surface area contributed by atoms with Crippen molar-refractivity contribution in [3.63, 3.8) is 0 Å². The van der Waals surface area contributed by atoms with Crippen LogP contribution in [-0.2, 0) is 0 Å². The van der Waals surface area contributed by atoms with Gasteiger partial charge in [-0.1, -0.05) is 48.5 Å². The molecule has 31 heavy (non-hydrogen) atoms. The van der Waals surface area contributed by atoms with E-state index in [1.165, 1.54) is 10.6 Å². The highest BCUT2D eigenvalue weighted by molar-refractivity contribution is 5.95. The topological polar surface area (TPSA) is 123 Å². The van der Waals surface area contributed by atoms with Crippen LogP contribution in [0.2, 0.25) is 0 Å². The van der Waals surface area contributed by atoms with Gasteiger partial charge in [0.05, 0.1) is 22.7 Å². The van der Waals surface area contributed by atoms with Crippen molar-refractivity contribution >= 4 is 27.7 Å². The fourth-order valence-electron chi connectivity index (χ4n) is 3.62. The molecule has 0 fully saturated rings. The molecular formula is C23H13N7O. The van der Waals surface area contributed by atoms with E-state index in [1.807, 2.05) is 42.5 Å². The van der Waals surface area contributed by atoms with Gasteiger partial charge >= 0.3 is 0 Å². The standard InChI is InChI=1S/C23H13N7O/c24-11-10-19-18(13-25)17(12-20(26-19)14-6-2-1-3-7-14)22-28-27-21-15-8-4-5-9-16(15)23(31)29-30(21)22/h1-10,12,26H,(H,29,31)/b19-10-. The van der Waals surface area contributed by atoms with Crippen LogP contribution < -0.4 is 10.9 Å². The molecule has 3 heterocycles. The zero-order valence-corrected chi connectivity index (χ0v) is 16.0. The molecule has 8 nitrogen and oxygen atoms in total. The van der Waals surface area contributed by atoms with Gasteiger partial charge in [0.1, 0.15) is 6.07 Å². The van der Waals surface area contributed by atoms with Gasteiger partial charge in [-0.15, -0.1) is 10.2 Å². The maximum atomic E-state index is 12.6. The summed E-state index contributed by atoms with van der Waals surface area (Å²) in [6.45, 7) is 0. The van der Waals surface area contributed by atoms with E-state index < -0.39 is 0 Å². The van der Waals surface area contributed by atoms with Crippen LogP contribution in [0.3, 0.4) is 0 Å². The molecule has 0 spiro atoms. The lowest BCUT2D eigenvalue weighted by molar-refractivity contribution is 0.889. The van der Waals surface area contributed by atoms with Crippen LogP contribution in [0.15, 0.2) is 82.8 Å². The first kappa shape index (κ1) is 18.1. The van der Waals surface area contributed by atoms with Gasteiger partial charge in [-0.3, -0.25) is 9.89 Å². The van der Waals surface area contributed by atoms with Crippen LogP contribution in [0.25, 0.3) is 27.7 Å². The second-order valence-electron chi connectivity index (χ2n) is 6.81. The van der Waals surface area contributed by atoms with Crippen molar-refractivity contribution in [2.75, 3.05) is 0 Å². The van der Waals surface area contributed by atoms with Crippen molar-refractivity contribution in [3.8, 4) is 12.1 Å². The van der Waals surface area contributed by atoms with Gasteiger partial charge in [-0.25, -0.2) is 4.52 Å². The van der Waals surface area contributed by atoms with Crippen LogP contribution >= 0.6 is 0 Å². The molecule has 0 saturated heterocycles. The van der Waals surface area contributed by atoms with E-state index in [4.69, 9.17) is 0 Å². The number of aromatic nitrogens is 4. The fourth-order valence-corrected chi connectivity index (χ4v) is 3.62. The van der Waals surface area contributed by atoms with Gasteiger partial charge in [-0.2, -0.15) is 10.5 Å². The molecule has 0 saturated carbocycles. The molecule has 0 amide bonds. The number of nitrogens with one attached hydrogen (secondary N) is 2. The number of aromatic amines is 1. The second kappa shape index (κ2) is 7.14. The Morgan fingerprint density at radius 3 is 2.45 bits per heavy atom. The van der Waals surface area contributed by atoms with Gasteiger partial charge in [0.2, 0.25) is 0 Å². The van der Waals surface area contributed by atoms with Crippen molar-refractivity contribution in [1.82, 2.24) is 25.1 Å². The van der Waals surface area contributed by atoms with E-state index in [-0.39, 0.29) is 11.1 Å². The molecule has 0 aliphatic carbocycles. The average molecular weight is 403 g/mol. The van der Waals surface area contributed by atoms with E-state index in [9.17, 15) is 15.3 Å². The summed E-state index contributed by atoms with van der Waals surface area (Å²) in [5, 5.41) is 34.7. The quantitative estimate of drug-likeness (QED) is 0.496. The summed E-state index contributed by atoms with van der Waals surface area (Å²) in [4.78, 5) is 12.6. The molecular weight excluding hydrogens is 390 g/mol. The zero-order valence-electron chi connectivity index (χ0n) is 16.0. The van der Waals surface area contributed by atoms with Crippen molar-refractivity contribution in [2.45, 2.75) is 0 Å². The third-order valence-electron chi connectivity index (χ3n) is 5.03. The third kappa shape index (κ3) is 2.87. The van der Waals surface area contributed by atoms with Crippen molar-refractivity contribution in [1.29, 1.82) is 10.5 Å². The number of nitriles is 2. The summed E-state index contributed by atoms with van der Waals surface area (Å²) in [5.41, 5.74) is 2.75. The zero-order chi connectivity index (χ0) is 21.4. The predicted octanol–water partition coefficient (Wildman–Crippen LogP) is 2.90. The number of benzene rings is 2. The summed E-state index contributed by atoms with van der Waals surface area (Å²) in [5.74, 6) is 0.299. The Hall–Kier alpha value is -4.95. The summed E-state index contributed by atoms with van der Waals surface area (Å²) in [6.07, 6.45) is 3.04. The van der Waals surface area contributed by atoms with Gasteiger partial charge in [0.25, 0.3) is 5.56 Å². The molecule has 0 radical (unpaired) electrons. The highest BCUT2D eigenvalue weighted by atomic mass is 16.1. The van der Waals surface area contributed by atoms with E-state index in [2.05, 4.69) is 26.7 Å². The Bertz CT molecular complexity index is 1590. The molecule has 0 bridgehead atoms. The van der Waals surface area contributed by atoms with Crippen LogP contribution in [0, 0.1) is 22.7 Å². The van der Waals surface area contributed by atoms with Gasteiger partial charge in [0, 0.05) is 22.7 Å². The summed E-state index contributed by atoms with van der Waals surface area (Å²) in [6, 6.07) is 20.7. The Balaban J connectivity index is 1.83. The first-order valence-corrected chi connectivity index (χ1v) is 9.36. The number of hydrogen-bond acceptors (Lipinski definition) is 6. The van der Waals surface area contributed by atoms with Crippen molar-refractivity contribution < 1.29 is 0 Å². The number of H-pyrrole nitrogens is 1. The smallest absolute Gasteiger partial charge is 0.270 e. The van der Waals surface area contributed by atoms with Crippen LogP contribution in [-0.4, -0.2) is 19.8 Å². The molecule has 0 atom stereocenters. The van der Waals surface area contributed by atoms with E-state index in [0.29, 0.717) is 39.2 Å². The van der Waals surface area contributed by atoms with E-state index in [0.717, 1.165) is 5.56 Å². The normalized spacial score (nSPS) is 14.9. The molecule has 1 aliphatic heterocycles. The van der Waals surface area contributed by atoms with Crippen molar-refractivity contribution in [3.05, 3.63) is 99.8 Å². The maximum absolute atomic E-state index is 12.6. The summed E-state index contributed by atoms with van der Waals surface area (Å²) in [7, 11) is 0. The number of dihydropyridines is 1. The summed E-state index contributed by atoms with van der Waals surface area (Å²) < 4.78 is 1.48. The van der Waals surface area contributed by atoms with E-state index in [1.54, 1.807) is 24.3 Å². The minimum absolute atomic E-state index is 0.226. The van der Waals surface area contributed by atoms with Crippen LogP contribution in [0.1, 0.15) is 11.4 Å². The molecule has 0 unspecified atom stereocenters. The number of rotatable bonds is 2. The molecule has 1 aliphatic rings. The highest BCUT2D eigenvalue weighted by Crippen LogP contribution is 2.31. The number of hydrogen-bond donors (Lipinski definition) is 2. The average Bonchev–Trinajstić information content (AvgIpc) is 3.23. The van der Waals surface area contributed by atoms with Gasteiger partial charge in [-0.05, 0) is 17.7 Å². The Labute approximate surface area is 175 Å². The minimum atomic E-state index is -0.294. The van der Waals surface area contributed by atoms with Crippen molar-refractivity contribution in [2.24, 2.45) is 0 Å². The molecule has 2 N–H and O–H groups in total. The number of fused-ring (bicyclic) bond motifs is 3. The molecule has 8 heteroatoms. The number of nitrogens with zero attached hydrogens (tertiary/aromatic N) is 5. The van der Waals surface area contributed by atoms with Gasteiger partial charge in [0.15, 0.2) is 11.5 Å². The Kier molecular flexibility index (Phi) is 4.17. The molecule has 2 aromatic heterocycles. The molecule has 146 valence electrons. The summed E-state index contributed by atoms with van der Waals surface area (Å²) >= 11 is 0. The lowest BCUT2D eigenvalue weighted by atomic mass is 9.97. The lowest BCUT2D eigenvalue weighted by Crippen LogP contribution is -2.20. The third-order valence-corrected chi connectivity index (χ3v) is 5.03. The highest BCUT2D eigenvalue weighted by Gasteiger charge is 2.24. The minimum Gasteiger partial charge on any atom is -0.353 e. The monoisotopic (exact) mass is 403 g/mol. The predicted molar refractivity (Wildman–Crippen MR) is 115 cm³/mol. The lowest BCUT2D eigenvalue weighted by Gasteiger charge is -2.20. The van der Waals surface area contributed by atoms with E-state index >= 15 is 0 Å². The fraction of sp³-hybridized carbons (Fsp3) is 0. The maximum Gasteiger partial charge on any atom is 0.270 e. The SMILES string of the molecule is N#C/C=C1\NC(c2ccccc2)=CC(c2nnc3c4ccccc4c(=O)[nH]n23)=C1C#N.